The largest absolute Gasteiger partial charge is 0.490 e. The maximum atomic E-state index is 14.4. The number of hydrogen-bond acceptors (Lipinski definition) is 8. The molecule has 298 valence electrons. The van der Waals surface area contributed by atoms with Crippen LogP contribution in [0.5, 0.6) is 5.75 Å². The van der Waals surface area contributed by atoms with Gasteiger partial charge in [-0.05, 0) is 75.8 Å². The molecule has 7 unspecified atom stereocenters. The Balaban J connectivity index is 1.73. The molecule has 2 saturated heterocycles. The lowest BCUT2D eigenvalue weighted by atomic mass is 9.95. The molecule has 0 bridgehead atoms. The smallest absolute Gasteiger partial charge is 0.329 e. The van der Waals surface area contributed by atoms with Gasteiger partial charge in [-0.2, -0.15) is 0 Å². The number of nitrogens with zero attached hydrogens (tertiary/aromatic N) is 3. The van der Waals surface area contributed by atoms with Crippen LogP contribution in [0.25, 0.3) is 0 Å². The van der Waals surface area contributed by atoms with E-state index in [9.17, 15) is 28.8 Å². The predicted molar refractivity (Wildman–Crippen MR) is 208 cm³/mol. The summed E-state index contributed by atoms with van der Waals surface area (Å²) in [7, 11) is 2.96. The van der Waals surface area contributed by atoms with Gasteiger partial charge in [-0.15, -0.1) is 0 Å². The van der Waals surface area contributed by atoms with Crippen molar-refractivity contribution in [2.45, 2.75) is 110 Å². The summed E-state index contributed by atoms with van der Waals surface area (Å²) in [6, 6.07) is 11.0. The van der Waals surface area contributed by atoms with E-state index in [1.165, 1.54) is 42.6 Å². The summed E-state index contributed by atoms with van der Waals surface area (Å²) in [5, 5.41) is 5.67. The molecule has 13 nitrogen and oxygen atoms in total. The number of esters is 1. The minimum atomic E-state index is -1.29. The van der Waals surface area contributed by atoms with E-state index in [4.69, 9.17) is 9.47 Å². The van der Waals surface area contributed by atoms with Crippen molar-refractivity contribution >= 4 is 35.5 Å². The normalized spacial score (nSPS) is 25.3. The molecule has 0 aromatic heterocycles. The molecule has 13 heteroatoms. The number of fused-ring (bicyclic) bond motifs is 1. The monoisotopic (exact) mass is 759 g/mol. The van der Waals surface area contributed by atoms with E-state index in [-0.39, 0.29) is 25.3 Å². The van der Waals surface area contributed by atoms with E-state index in [1.807, 2.05) is 64.1 Å². The van der Waals surface area contributed by atoms with Gasteiger partial charge >= 0.3 is 5.97 Å². The first kappa shape index (κ1) is 42.5. The summed E-state index contributed by atoms with van der Waals surface area (Å²) in [5.41, 5.74) is 2.58. The number of likely N-dealkylation sites (N-methyl/N-ethyl adjacent to an activating group) is 2. The highest BCUT2D eigenvalue weighted by Crippen LogP contribution is 2.23. The van der Waals surface area contributed by atoms with E-state index in [1.54, 1.807) is 24.3 Å². The second kappa shape index (κ2) is 19.4. The van der Waals surface area contributed by atoms with E-state index >= 15 is 0 Å². The number of amides is 5. The number of benzene rings is 2. The Bertz CT molecular complexity index is 1710. The Hall–Kier alpha value is -5.20. The summed E-state index contributed by atoms with van der Waals surface area (Å²) in [5.74, 6) is -3.18. The van der Waals surface area contributed by atoms with Crippen molar-refractivity contribution in [2.75, 3.05) is 27.2 Å². The average molecular weight is 760 g/mol. The molecule has 2 aromatic rings. The molecule has 2 heterocycles. The summed E-state index contributed by atoms with van der Waals surface area (Å²) in [4.78, 5) is 88.1. The lowest BCUT2D eigenvalue weighted by Crippen LogP contribution is -2.60. The zero-order chi connectivity index (χ0) is 40.4. The standard InChI is InChI=1S/C42H57N5O8/c1-9-27(4)36-38(49)44-33(24-31-17-19-32(20-18-31)54-23-21-26(2)3)40(51)45(7)29(6)42(53)55-35(25-30-14-11-10-12-15-30)41(52)47-22-13-16-34(47)37(48)43-28(5)39(50)46(36)8/h10-12,14-15,17-21,27-29,33-36H,9,13,16,22-25H2,1-8H3,(H,43,48)(H,44,49). The number of carbonyl (C=O) groups excluding carboxylic acids is 6. The molecule has 4 rings (SSSR count). The van der Waals surface area contributed by atoms with Crippen molar-refractivity contribution in [3.8, 4) is 5.75 Å². The van der Waals surface area contributed by atoms with Gasteiger partial charge in [-0.1, -0.05) is 68.3 Å². The number of nitrogens with one attached hydrogen (secondary N) is 2. The molecule has 0 spiro atoms. The maximum Gasteiger partial charge on any atom is 0.329 e. The Morgan fingerprint density at radius 3 is 2.15 bits per heavy atom. The van der Waals surface area contributed by atoms with Crippen molar-refractivity contribution in [3.05, 3.63) is 77.4 Å². The zero-order valence-corrected chi connectivity index (χ0v) is 33.4. The molecule has 0 radical (unpaired) electrons. The second-order valence-electron chi connectivity index (χ2n) is 14.9. The SMILES string of the molecule is CCC(C)C1C(=O)NC(Cc2ccc(OCC=C(C)C)cc2)C(=O)N(C)C(C)C(=O)OC(Cc2ccccc2)C(=O)N2CCCC2C(=O)NC(C)C(=O)N1C. The van der Waals surface area contributed by atoms with Crippen molar-refractivity contribution in [3.63, 3.8) is 0 Å². The second-order valence-corrected chi connectivity index (χ2v) is 14.9. The van der Waals surface area contributed by atoms with E-state index in [0.29, 0.717) is 37.2 Å². The van der Waals surface area contributed by atoms with Crippen LogP contribution in [0.2, 0.25) is 0 Å². The molecule has 0 aliphatic carbocycles. The molecule has 7 atom stereocenters. The Morgan fingerprint density at radius 2 is 1.51 bits per heavy atom. The molecule has 2 N–H and O–H groups in total. The highest BCUT2D eigenvalue weighted by atomic mass is 16.6. The number of cyclic esters (lactones) is 1. The third-order valence-corrected chi connectivity index (χ3v) is 10.6. The van der Waals surface area contributed by atoms with Crippen LogP contribution in [0.4, 0.5) is 0 Å². The fraction of sp³-hybridized carbons (Fsp3) is 0.524. The fourth-order valence-electron chi connectivity index (χ4n) is 6.90. The fourth-order valence-corrected chi connectivity index (χ4v) is 6.90. The summed E-state index contributed by atoms with van der Waals surface area (Å²) < 4.78 is 11.7. The van der Waals surface area contributed by atoms with Crippen molar-refractivity contribution < 1.29 is 38.2 Å². The highest BCUT2D eigenvalue weighted by Gasteiger charge is 2.42. The Kier molecular flexibility index (Phi) is 15.0. The molecular weight excluding hydrogens is 702 g/mol. The van der Waals surface area contributed by atoms with Gasteiger partial charge in [0.15, 0.2) is 6.10 Å². The lowest BCUT2D eigenvalue weighted by Gasteiger charge is -2.36. The summed E-state index contributed by atoms with van der Waals surface area (Å²) in [6.45, 7) is 11.4. The third-order valence-electron chi connectivity index (χ3n) is 10.6. The number of rotatable bonds is 9. The molecule has 5 amide bonds. The minimum Gasteiger partial charge on any atom is -0.490 e. The average Bonchev–Trinajstić information content (AvgIpc) is 3.67. The number of hydrogen-bond donors (Lipinski definition) is 2. The Morgan fingerprint density at radius 1 is 0.855 bits per heavy atom. The van der Waals surface area contributed by atoms with Gasteiger partial charge in [0, 0.05) is 33.5 Å². The summed E-state index contributed by atoms with van der Waals surface area (Å²) >= 11 is 0. The minimum absolute atomic E-state index is 0.0457. The maximum absolute atomic E-state index is 14.4. The predicted octanol–water partition coefficient (Wildman–Crippen LogP) is 3.44. The molecule has 55 heavy (non-hydrogen) atoms. The molecule has 2 aromatic carbocycles. The highest BCUT2D eigenvalue weighted by molar-refractivity contribution is 5.97. The van der Waals surface area contributed by atoms with Gasteiger partial charge in [0.1, 0.15) is 42.6 Å². The lowest BCUT2D eigenvalue weighted by molar-refractivity contribution is -0.166. The van der Waals surface area contributed by atoms with Crippen LogP contribution >= 0.6 is 0 Å². The molecular formula is C42H57N5O8. The first-order valence-electron chi connectivity index (χ1n) is 19.2. The van der Waals surface area contributed by atoms with Gasteiger partial charge in [-0.3, -0.25) is 24.0 Å². The number of allylic oxidation sites excluding steroid dienone is 1. The topological polar surface area (TPSA) is 155 Å². The van der Waals surface area contributed by atoms with Gasteiger partial charge in [0.05, 0.1) is 0 Å². The van der Waals surface area contributed by atoms with Crippen LogP contribution in [0.1, 0.15) is 71.9 Å². The Labute approximate surface area is 324 Å². The molecule has 0 saturated carbocycles. The van der Waals surface area contributed by atoms with Gasteiger partial charge < -0.3 is 34.8 Å². The number of carbonyl (C=O) groups is 6. The van der Waals surface area contributed by atoms with Crippen LogP contribution in [0.3, 0.4) is 0 Å². The van der Waals surface area contributed by atoms with E-state index < -0.39 is 71.8 Å². The first-order valence-corrected chi connectivity index (χ1v) is 19.2. The molecule has 2 fully saturated rings. The molecule has 2 aliphatic heterocycles. The van der Waals surface area contributed by atoms with Crippen LogP contribution in [0.15, 0.2) is 66.2 Å². The zero-order valence-electron chi connectivity index (χ0n) is 33.4. The van der Waals surface area contributed by atoms with E-state index in [2.05, 4.69) is 10.6 Å². The molecule has 2 aliphatic rings. The first-order chi connectivity index (χ1) is 26.1. The van der Waals surface area contributed by atoms with Gasteiger partial charge in [-0.25, -0.2) is 4.79 Å². The summed E-state index contributed by atoms with van der Waals surface area (Å²) in [6.07, 6.45) is 2.21. The quantitative estimate of drug-likeness (QED) is 0.291. The van der Waals surface area contributed by atoms with Crippen LogP contribution in [-0.2, 0) is 46.3 Å². The van der Waals surface area contributed by atoms with Crippen LogP contribution in [-0.4, -0.2) is 114 Å². The van der Waals surface area contributed by atoms with Crippen molar-refractivity contribution in [2.24, 2.45) is 5.92 Å². The number of ether oxygens (including phenoxy) is 2. The van der Waals surface area contributed by atoms with Crippen LogP contribution in [0, 0.1) is 5.92 Å². The van der Waals surface area contributed by atoms with Gasteiger partial charge in [0.2, 0.25) is 23.6 Å². The van der Waals surface area contributed by atoms with Crippen molar-refractivity contribution in [1.29, 1.82) is 0 Å². The van der Waals surface area contributed by atoms with Gasteiger partial charge in [0.25, 0.3) is 5.91 Å². The third kappa shape index (κ3) is 10.9. The van der Waals surface area contributed by atoms with Crippen LogP contribution < -0.4 is 15.4 Å². The van der Waals surface area contributed by atoms with E-state index in [0.717, 1.165) is 11.1 Å². The van der Waals surface area contributed by atoms with Crippen molar-refractivity contribution in [1.82, 2.24) is 25.3 Å².